The Hall–Kier alpha value is -2.55. The van der Waals surface area contributed by atoms with Crippen LogP contribution in [-0.2, 0) is 27.6 Å². The van der Waals surface area contributed by atoms with Gasteiger partial charge in [-0.15, -0.1) is 0 Å². The maximum absolute atomic E-state index is 13.1. The van der Waals surface area contributed by atoms with Gasteiger partial charge in [-0.05, 0) is 62.6 Å². The number of carbonyl (C=O) groups excluding carboxylic acids is 1. The Labute approximate surface area is 200 Å². The van der Waals surface area contributed by atoms with Gasteiger partial charge < -0.3 is 9.08 Å². The lowest BCUT2D eigenvalue weighted by Crippen LogP contribution is -2.40. The molecule has 34 heavy (non-hydrogen) atoms. The number of halogens is 3. The number of hydrogen-bond donors (Lipinski definition) is 0. The minimum absolute atomic E-state index is 0.0379. The molecule has 1 unspecified atom stereocenters. The van der Waals surface area contributed by atoms with Gasteiger partial charge in [-0.1, -0.05) is 44.9 Å². The maximum Gasteiger partial charge on any atom is 0.416 e. The summed E-state index contributed by atoms with van der Waals surface area (Å²) < 4.78 is 69.2. The molecule has 2 rings (SSSR count). The lowest BCUT2D eigenvalue weighted by molar-refractivity contribution is -0.139. The van der Waals surface area contributed by atoms with Crippen LogP contribution in [0.3, 0.4) is 0 Å². The number of nitrogens with zero attached hydrogens (tertiary/aromatic N) is 1. The van der Waals surface area contributed by atoms with Crippen LogP contribution in [0.15, 0.2) is 53.4 Å². The summed E-state index contributed by atoms with van der Waals surface area (Å²) in [6.07, 6.45) is -1.16. The number of alkyl halides is 3. The van der Waals surface area contributed by atoms with E-state index in [1.807, 2.05) is 20.8 Å². The van der Waals surface area contributed by atoms with E-state index < -0.39 is 26.8 Å². The fourth-order valence-electron chi connectivity index (χ4n) is 3.60. The van der Waals surface area contributed by atoms with Gasteiger partial charge in [0, 0.05) is 18.5 Å². The third-order valence-corrected chi connectivity index (χ3v) is 6.81. The first kappa shape index (κ1) is 27.7. The van der Waals surface area contributed by atoms with Gasteiger partial charge in [0.2, 0.25) is 5.91 Å². The predicted molar refractivity (Wildman–Crippen MR) is 125 cm³/mol. The highest BCUT2D eigenvalue weighted by Crippen LogP contribution is 2.31. The Morgan fingerprint density at radius 3 is 2.32 bits per heavy atom. The lowest BCUT2D eigenvalue weighted by atomic mass is 9.97. The molecule has 0 heterocycles. The summed E-state index contributed by atoms with van der Waals surface area (Å²) >= 11 is 0. The smallest absolute Gasteiger partial charge is 0.379 e. The van der Waals surface area contributed by atoms with Crippen molar-refractivity contribution in [1.82, 2.24) is 4.90 Å². The zero-order chi connectivity index (χ0) is 25.5. The second-order valence-corrected chi connectivity index (χ2v) is 10.1. The summed E-state index contributed by atoms with van der Waals surface area (Å²) in [4.78, 5) is 14.3. The molecule has 0 saturated carbocycles. The third-order valence-electron chi connectivity index (χ3n) is 5.56. The molecular formula is C25H32F3NO4S. The molecule has 0 aromatic heterocycles. The van der Waals surface area contributed by atoms with Gasteiger partial charge in [0.15, 0.2) is 0 Å². The molecule has 0 aliphatic heterocycles. The van der Waals surface area contributed by atoms with Crippen molar-refractivity contribution in [3.05, 3.63) is 59.7 Å². The van der Waals surface area contributed by atoms with Crippen LogP contribution < -0.4 is 4.18 Å². The monoisotopic (exact) mass is 499 g/mol. The van der Waals surface area contributed by atoms with E-state index in [0.29, 0.717) is 11.6 Å². The Morgan fingerprint density at radius 2 is 1.74 bits per heavy atom. The van der Waals surface area contributed by atoms with E-state index in [-0.39, 0.29) is 30.2 Å². The van der Waals surface area contributed by atoms with Crippen LogP contribution in [0.4, 0.5) is 13.2 Å². The summed E-state index contributed by atoms with van der Waals surface area (Å²) in [5.41, 5.74) is -0.422. The van der Waals surface area contributed by atoms with Crippen molar-refractivity contribution in [2.75, 3.05) is 0 Å². The van der Waals surface area contributed by atoms with Gasteiger partial charge in [-0.2, -0.15) is 21.6 Å². The molecule has 0 aliphatic carbocycles. The summed E-state index contributed by atoms with van der Waals surface area (Å²) in [5, 5.41) is 0. The summed E-state index contributed by atoms with van der Waals surface area (Å²) in [5.74, 6) is -0.0685. The van der Waals surface area contributed by atoms with Crippen LogP contribution in [0.25, 0.3) is 0 Å². The first-order valence-corrected chi connectivity index (χ1v) is 12.8. The molecule has 2 aromatic carbocycles. The number of benzene rings is 2. The van der Waals surface area contributed by atoms with E-state index in [4.69, 9.17) is 4.18 Å². The average Bonchev–Trinajstić information content (AvgIpc) is 2.77. The standard InChI is InChI=1S/C25H32F3NO4S/c1-5-7-11-20(6-2)24(30)29(18(3)4)17-19-10-8-13-22(15-19)33-34(31,32)23-14-9-12-21(16-23)25(26,27)28/h8-10,12-16,18,20H,5-7,11,17H2,1-4H3. The van der Waals surface area contributed by atoms with Crippen LogP contribution in [0.1, 0.15) is 64.5 Å². The van der Waals surface area contributed by atoms with E-state index in [0.717, 1.165) is 43.9 Å². The molecular weight excluding hydrogens is 467 g/mol. The van der Waals surface area contributed by atoms with Crippen molar-refractivity contribution < 1.29 is 30.6 Å². The fraction of sp³-hybridized carbons (Fsp3) is 0.480. The maximum atomic E-state index is 13.1. The first-order valence-electron chi connectivity index (χ1n) is 11.4. The van der Waals surface area contributed by atoms with Crippen LogP contribution in [0.5, 0.6) is 5.75 Å². The van der Waals surface area contributed by atoms with E-state index >= 15 is 0 Å². The van der Waals surface area contributed by atoms with Gasteiger partial charge in [-0.3, -0.25) is 4.79 Å². The fourth-order valence-corrected chi connectivity index (χ4v) is 4.57. The predicted octanol–water partition coefficient (Wildman–Crippen LogP) is 6.43. The molecule has 0 bridgehead atoms. The van der Waals surface area contributed by atoms with Gasteiger partial charge in [0.05, 0.1) is 5.56 Å². The van der Waals surface area contributed by atoms with Crippen LogP contribution in [0, 0.1) is 5.92 Å². The zero-order valence-corrected chi connectivity index (χ0v) is 20.7. The normalized spacial score (nSPS) is 13.1. The average molecular weight is 500 g/mol. The third kappa shape index (κ3) is 7.48. The van der Waals surface area contributed by atoms with Crippen molar-refractivity contribution in [2.45, 2.75) is 77.0 Å². The highest BCUT2D eigenvalue weighted by Gasteiger charge is 2.32. The molecule has 0 aliphatic rings. The second-order valence-electron chi connectivity index (χ2n) is 8.52. The molecule has 0 radical (unpaired) electrons. The molecule has 9 heteroatoms. The van der Waals surface area contributed by atoms with E-state index in [1.54, 1.807) is 17.0 Å². The minimum atomic E-state index is -4.67. The molecule has 2 aromatic rings. The highest BCUT2D eigenvalue weighted by molar-refractivity contribution is 7.87. The second kappa shape index (κ2) is 11.7. The van der Waals surface area contributed by atoms with Crippen molar-refractivity contribution in [3.8, 4) is 5.75 Å². The molecule has 1 atom stereocenters. The van der Waals surface area contributed by atoms with Gasteiger partial charge in [-0.25, -0.2) is 0 Å². The topological polar surface area (TPSA) is 63.7 Å². The first-order chi connectivity index (χ1) is 15.9. The van der Waals surface area contributed by atoms with Gasteiger partial charge in [0.1, 0.15) is 10.6 Å². The van der Waals surface area contributed by atoms with Crippen molar-refractivity contribution in [3.63, 3.8) is 0 Å². The molecule has 0 spiro atoms. The summed E-state index contributed by atoms with van der Waals surface area (Å²) in [6.45, 7) is 8.17. The quantitative estimate of drug-likeness (QED) is 0.335. The Bertz CT molecular complexity index is 1070. The van der Waals surface area contributed by atoms with E-state index in [1.165, 1.54) is 12.1 Å². The van der Waals surface area contributed by atoms with Crippen LogP contribution in [0.2, 0.25) is 0 Å². The largest absolute Gasteiger partial charge is 0.416 e. The SMILES string of the molecule is CCCCC(CC)C(=O)N(Cc1cccc(OS(=O)(=O)c2cccc(C(F)(F)F)c2)c1)C(C)C. The molecule has 0 N–H and O–H groups in total. The van der Waals surface area contributed by atoms with Gasteiger partial charge >= 0.3 is 16.3 Å². The molecule has 1 amide bonds. The van der Waals surface area contributed by atoms with Crippen molar-refractivity contribution in [2.24, 2.45) is 5.92 Å². The summed E-state index contributed by atoms with van der Waals surface area (Å²) in [7, 11) is -4.48. The Morgan fingerprint density at radius 1 is 1.06 bits per heavy atom. The van der Waals surface area contributed by atoms with Crippen molar-refractivity contribution >= 4 is 16.0 Å². The van der Waals surface area contributed by atoms with Gasteiger partial charge in [0.25, 0.3) is 0 Å². The van der Waals surface area contributed by atoms with Crippen LogP contribution >= 0.6 is 0 Å². The Kier molecular flexibility index (Phi) is 9.55. The number of amides is 1. The lowest BCUT2D eigenvalue weighted by Gasteiger charge is -2.30. The number of hydrogen-bond acceptors (Lipinski definition) is 4. The zero-order valence-electron chi connectivity index (χ0n) is 19.9. The number of carbonyl (C=O) groups is 1. The number of rotatable bonds is 11. The molecule has 188 valence electrons. The molecule has 0 fully saturated rings. The van der Waals surface area contributed by atoms with Crippen molar-refractivity contribution in [1.29, 1.82) is 0 Å². The highest BCUT2D eigenvalue weighted by atomic mass is 32.2. The number of unbranched alkanes of at least 4 members (excludes halogenated alkanes) is 1. The minimum Gasteiger partial charge on any atom is -0.379 e. The molecule has 0 saturated heterocycles. The Balaban J connectivity index is 2.24. The van der Waals surface area contributed by atoms with E-state index in [2.05, 4.69) is 6.92 Å². The summed E-state index contributed by atoms with van der Waals surface area (Å²) in [6, 6.07) is 9.57. The van der Waals surface area contributed by atoms with Crippen LogP contribution in [-0.4, -0.2) is 25.3 Å². The van der Waals surface area contributed by atoms with E-state index in [9.17, 15) is 26.4 Å². The molecule has 5 nitrogen and oxygen atoms in total.